The first-order valence-electron chi connectivity index (χ1n) is 7.40. The standard InChI is InChI=1S/C17H26N2O2/c1-15(2,3)11-8-10(13(20)21)9-12(18-11)19-14-16(4,5)17(14,6)7/h8-9,14H,1-7H3,(H,18,19)(H,20,21). The van der Waals surface area contributed by atoms with E-state index in [1.165, 1.54) is 0 Å². The van der Waals surface area contributed by atoms with Gasteiger partial charge in [-0.05, 0) is 23.0 Å². The number of aromatic nitrogens is 1. The summed E-state index contributed by atoms with van der Waals surface area (Å²) >= 11 is 0. The Bertz CT molecular complexity index is 569. The summed E-state index contributed by atoms with van der Waals surface area (Å²) in [7, 11) is 0. The SMILES string of the molecule is CC(C)(C)c1cc(C(=O)O)cc(NC2C(C)(C)C2(C)C)n1. The minimum Gasteiger partial charge on any atom is -0.478 e. The van der Waals surface area contributed by atoms with Gasteiger partial charge in [-0.3, -0.25) is 0 Å². The Kier molecular flexibility index (Phi) is 3.35. The summed E-state index contributed by atoms with van der Waals surface area (Å²) in [5, 5.41) is 12.7. The van der Waals surface area contributed by atoms with E-state index < -0.39 is 5.97 Å². The number of anilines is 1. The summed E-state index contributed by atoms with van der Waals surface area (Å²) in [6, 6.07) is 3.59. The van der Waals surface area contributed by atoms with Crippen LogP contribution in [0.15, 0.2) is 12.1 Å². The molecule has 0 saturated heterocycles. The van der Waals surface area contributed by atoms with Crippen LogP contribution in [0.1, 0.15) is 64.5 Å². The van der Waals surface area contributed by atoms with Gasteiger partial charge in [0.1, 0.15) is 5.82 Å². The molecule has 0 atom stereocenters. The molecule has 2 rings (SSSR count). The third kappa shape index (κ3) is 2.63. The van der Waals surface area contributed by atoms with E-state index in [0.29, 0.717) is 11.9 Å². The van der Waals surface area contributed by atoms with E-state index in [4.69, 9.17) is 0 Å². The van der Waals surface area contributed by atoms with Crippen LogP contribution in [-0.4, -0.2) is 22.1 Å². The van der Waals surface area contributed by atoms with Crippen LogP contribution in [0, 0.1) is 10.8 Å². The molecule has 0 radical (unpaired) electrons. The van der Waals surface area contributed by atoms with Crippen LogP contribution in [0.4, 0.5) is 5.82 Å². The topological polar surface area (TPSA) is 62.2 Å². The highest BCUT2D eigenvalue weighted by Gasteiger charge is 2.65. The van der Waals surface area contributed by atoms with Crippen molar-refractivity contribution in [3.05, 3.63) is 23.4 Å². The van der Waals surface area contributed by atoms with Crippen molar-refractivity contribution in [1.29, 1.82) is 0 Å². The zero-order valence-corrected chi connectivity index (χ0v) is 14.0. The lowest BCUT2D eigenvalue weighted by atomic mass is 9.90. The highest BCUT2D eigenvalue weighted by molar-refractivity contribution is 5.88. The molecule has 1 aliphatic carbocycles. The van der Waals surface area contributed by atoms with Crippen molar-refractivity contribution in [1.82, 2.24) is 4.98 Å². The highest BCUT2D eigenvalue weighted by atomic mass is 16.4. The molecular formula is C17H26N2O2. The highest BCUT2D eigenvalue weighted by Crippen LogP contribution is 2.63. The van der Waals surface area contributed by atoms with Crippen molar-refractivity contribution in [2.75, 3.05) is 5.32 Å². The van der Waals surface area contributed by atoms with Crippen molar-refractivity contribution in [3.63, 3.8) is 0 Å². The molecule has 0 aromatic carbocycles. The molecule has 21 heavy (non-hydrogen) atoms. The van der Waals surface area contributed by atoms with Gasteiger partial charge in [0.15, 0.2) is 0 Å². The van der Waals surface area contributed by atoms with Gasteiger partial charge in [0.2, 0.25) is 0 Å². The monoisotopic (exact) mass is 290 g/mol. The van der Waals surface area contributed by atoms with E-state index in [1.807, 2.05) is 20.8 Å². The number of pyridine rings is 1. The zero-order valence-electron chi connectivity index (χ0n) is 14.0. The minimum atomic E-state index is -0.916. The molecule has 4 heteroatoms. The lowest BCUT2D eigenvalue weighted by molar-refractivity contribution is 0.0696. The summed E-state index contributed by atoms with van der Waals surface area (Å²) in [6.07, 6.45) is 0. The average Bonchev–Trinajstić information content (AvgIpc) is 2.70. The molecule has 0 aliphatic heterocycles. The van der Waals surface area contributed by atoms with Gasteiger partial charge in [0, 0.05) is 17.2 Å². The summed E-state index contributed by atoms with van der Waals surface area (Å²) in [6.45, 7) is 15.0. The number of nitrogens with one attached hydrogen (secondary N) is 1. The van der Waals surface area contributed by atoms with Crippen LogP contribution in [0.25, 0.3) is 0 Å². The van der Waals surface area contributed by atoms with Gasteiger partial charge in [-0.25, -0.2) is 9.78 Å². The largest absolute Gasteiger partial charge is 0.478 e. The fourth-order valence-corrected chi connectivity index (χ4v) is 2.82. The quantitative estimate of drug-likeness (QED) is 0.885. The molecule has 1 heterocycles. The Morgan fingerprint density at radius 2 is 1.71 bits per heavy atom. The maximum atomic E-state index is 11.3. The fraction of sp³-hybridized carbons (Fsp3) is 0.647. The molecule has 4 nitrogen and oxygen atoms in total. The van der Waals surface area contributed by atoms with Crippen LogP contribution in [0.5, 0.6) is 0 Å². The molecule has 0 unspecified atom stereocenters. The van der Waals surface area contributed by atoms with E-state index in [-0.39, 0.29) is 21.8 Å². The van der Waals surface area contributed by atoms with Gasteiger partial charge in [-0.15, -0.1) is 0 Å². The number of nitrogens with zero attached hydrogens (tertiary/aromatic N) is 1. The van der Waals surface area contributed by atoms with Crippen molar-refractivity contribution >= 4 is 11.8 Å². The van der Waals surface area contributed by atoms with Crippen LogP contribution < -0.4 is 5.32 Å². The molecule has 2 N–H and O–H groups in total. The summed E-state index contributed by atoms with van der Waals surface area (Å²) in [5.41, 5.74) is 1.25. The van der Waals surface area contributed by atoms with E-state index in [1.54, 1.807) is 12.1 Å². The van der Waals surface area contributed by atoms with E-state index in [9.17, 15) is 9.90 Å². The van der Waals surface area contributed by atoms with Gasteiger partial charge in [-0.2, -0.15) is 0 Å². The Balaban J connectivity index is 2.37. The van der Waals surface area contributed by atoms with E-state index in [2.05, 4.69) is 38.0 Å². The second-order valence-electron chi connectivity index (χ2n) is 8.20. The third-order valence-corrected chi connectivity index (χ3v) is 5.15. The van der Waals surface area contributed by atoms with Gasteiger partial charge in [0.05, 0.1) is 5.56 Å². The summed E-state index contributed by atoms with van der Waals surface area (Å²) < 4.78 is 0. The molecule has 1 fully saturated rings. The van der Waals surface area contributed by atoms with Gasteiger partial charge < -0.3 is 10.4 Å². The van der Waals surface area contributed by atoms with Crippen molar-refractivity contribution in [3.8, 4) is 0 Å². The number of carbonyl (C=O) groups is 1. The number of carboxylic acid groups (broad SMARTS) is 1. The van der Waals surface area contributed by atoms with Crippen molar-refractivity contribution in [2.24, 2.45) is 10.8 Å². The number of rotatable bonds is 3. The Morgan fingerprint density at radius 1 is 1.19 bits per heavy atom. The molecule has 1 saturated carbocycles. The van der Waals surface area contributed by atoms with Crippen LogP contribution in [-0.2, 0) is 5.41 Å². The molecule has 1 aromatic heterocycles. The predicted octanol–water partition coefficient (Wildman–Crippen LogP) is 3.92. The second kappa shape index (κ2) is 4.46. The second-order valence-corrected chi connectivity index (χ2v) is 8.20. The fourth-order valence-electron chi connectivity index (χ4n) is 2.82. The first kappa shape index (κ1) is 15.8. The zero-order chi connectivity index (χ0) is 16.2. The number of hydrogen-bond donors (Lipinski definition) is 2. The minimum absolute atomic E-state index is 0.176. The first-order valence-corrected chi connectivity index (χ1v) is 7.40. The van der Waals surface area contributed by atoms with Crippen molar-refractivity contribution < 1.29 is 9.90 Å². The first-order chi connectivity index (χ1) is 9.37. The van der Waals surface area contributed by atoms with Crippen LogP contribution in [0.2, 0.25) is 0 Å². The molecule has 0 bridgehead atoms. The Labute approximate surface area is 127 Å². The molecule has 1 aliphatic rings. The number of hydrogen-bond acceptors (Lipinski definition) is 3. The van der Waals surface area contributed by atoms with Crippen molar-refractivity contribution in [2.45, 2.75) is 59.9 Å². The Morgan fingerprint density at radius 3 is 2.10 bits per heavy atom. The third-order valence-electron chi connectivity index (χ3n) is 5.15. The average molecular weight is 290 g/mol. The normalized spacial score (nSPS) is 20.1. The molecule has 0 amide bonds. The van der Waals surface area contributed by atoms with Gasteiger partial charge in [-0.1, -0.05) is 48.5 Å². The van der Waals surface area contributed by atoms with Gasteiger partial charge in [0.25, 0.3) is 0 Å². The lowest BCUT2D eigenvalue weighted by Crippen LogP contribution is -2.18. The maximum absolute atomic E-state index is 11.3. The predicted molar refractivity (Wildman–Crippen MR) is 84.9 cm³/mol. The van der Waals surface area contributed by atoms with Crippen LogP contribution in [0.3, 0.4) is 0 Å². The van der Waals surface area contributed by atoms with E-state index >= 15 is 0 Å². The lowest BCUT2D eigenvalue weighted by Gasteiger charge is -2.20. The van der Waals surface area contributed by atoms with E-state index in [0.717, 1.165) is 5.69 Å². The maximum Gasteiger partial charge on any atom is 0.335 e. The molecule has 0 spiro atoms. The smallest absolute Gasteiger partial charge is 0.335 e. The molecule has 1 aromatic rings. The number of carboxylic acids is 1. The summed E-state index contributed by atoms with van der Waals surface area (Å²) in [4.78, 5) is 16.0. The Hall–Kier alpha value is -1.58. The van der Waals surface area contributed by atoms with Crippen LogP contribution >= 0.6 is 0 Å². The van der Waals surface area contributed by atoms with Gasteiger partial charge >= 0.3 is 5.97 Å². The number of aromatic carboxylic acids is 1. The summed E-state index contributed by atoms with van der Waals surface area (Å²) in [5.74, 6) is -0.260. The molecular weight excluding hydrogens is 264 g/mol. The molecule has 116 valence electrons.